The fourth-order valence-electron chi connectivity index (χ4n) is 2.37. The summed E-state index contributed by atoms with van der Waals surface area (Å²) in [6.07, 6.45) is 4.15. The van der Waals surface area contributed by atoms with Crippen molar-refractivity contribution in [2.24, 2.45) is 0 Å². The lowest BCUT2D eigenvalue weighted by Gasteiger charge is -2.11. The van der Waals surface area contributed by atoms with Crippen molar-refractivity contribution in [2.45, 2.75) is 4.90 Å². The Morgan fingerprint density at radius 1 is 1.23 bits per heavy atom. The zero-order valence-corrected chi connectivity index (χ0v) is 14.9. The van der Waals surface area contributed by atoms with Gasteiger partial charge < -0.3 is 10.1 Å². The lowest BCUT2D eigenvalue weighted by Crippen LogP contribution is -2.14. The molecule has 0 bridgehead atoms. The van der Waals surface area contributed by atoms with Crippen molar-refractivity contribution >= 4 is 21.4 Å². The van der Waals surface area contributed by atoms with Crippen LogP contribution in [0.15, 0.2) is 53.7 Å². The number of nitrogens with one attached hydrogen (secondary N) is 2. The van der Waals surface area contributed by atoms with Crippen LogP contribution < -0.4 is 10.1 Å². The molecule has 3 aromatic rings. The second-order valence-corrected chi connectivity index (χ2v) is 7.48. The van der Waals surface area contributed by atoms with Gasteiger partial charge in [0.15, 0.2) is 9.84 Å². The average Bonchev–Trinajstić information content (AvgIpc) is 3.09. The van der Waals surface area contributed by atoms with Gasteiger partial charge in [0, 0.05) is 12.5 Å². The second-order valence-electron chi connectivity index (χ2n) is 5.46. The van der Waals surface area contributed by atoms with Crippen molar-refractivity contribution in [3.05, 3.63) is 54.4 Å². The lowest BCUT2D eigenvalue weighted by atomic mass is 10.1. The van der Waals surface area contributed by atoms with E-state index in [4.69, 9.17) is 4.74 Å². The third-order valence-corrected chi connectivity index (χ3v) is 4.76. The fraction of sp³-hybridized carbons (Fsp3) is 0.118. The predicted molar refractivity (Wildman–Crippen MR) is 95.9 cm³/mol. The molecule has 3 rings (SSSR count). The number of hydrogen-bond acceptors (Lipinski definition) is 6. The van der Waals surface area contributed by atoms with Crippen molar-refractivity contribution in [3.63, 3.8) is 0 Å². The molecule has 0 saturated heterocycles. The maximum Gasteiger partial charge on any atom is 0.259 e. The van der Waals surface area contributed by atoms with E-state index < -0.39 is 15.7 Å². The summed E-state index contributed by atoms with van der Waals surface area (Å²) in [6, 6.07) is 9.48. The van der Waals surface area contributed by atoms with Crippen molar-refractivity contribution in [3.8, 4) is 17.1 Å². The first-order chi connectivity index (χ1) is 12.4. The SMILES string of the molecule is COc1ccc(S(C)(=O)=O)cc1C(=O)Nc1cn[nH]c1-c1ccccn1. The number of benzene rings is 1. The van der Waals surface area contributed by atoms with E-state index in [9.17, 15) is 13.2 Å². The minimum atomic E-state index is -3.46. The summed E-state index contributed by atoms with van der Waals surface area (Å²) < 4.78 is 28.7. The van der Waals surface area contributed by atoms with E-state index in [0.717, 1.165) is 6.26 Å². The molecule has 0 aliphatic carbocycles. The minimum Gasteiger partial charge on any atom is -0.496 e. The summed E-state index contributed by atoms with van der Waals surface area (Å²) in [6.45, 7) is 0. The van der Waals surface area contributed by atoms with E-state index >= 15 is 0 Å². The number of aromatic amines is 1. The fourth-order valence-corrected chi connectivity index (χ4v) is 3.02. The second kappa shape index (κ2) is 6.96. The molecule has 0 spiro atoms. The van der Waals surface area contributed by atoms with E-state index in [1.165, 1.54) is 31.5 Å². The van der Waals surface area contributed by atoms with Crippen molar-refractivity contribution in [1.29, 1.82) is 0 Å². The standard InChI is InChI=1S/C17H16N4O4S/c1-25-15-7-6-11(26(2,23)24)9-12(15)17(22)20-14-10-19-21-16(14)13-5-3-4-8-18-13/h3-10H,1-2H3,(H,19,21)(H,20,22). The molecule has 2 N–H and O–H groups in total. The Morgan fingerprint density at radius 2 is 2.04 bits per heavy atom. The zero-order chi connectivity index (χ0) is 18.7. The van der Waals surface area contributed by atoms with E-state index in [1.54, 1.807) is 18.3 Å². The van der Waals surface area contributed by atoms with Gasteiger partial charge in [-0.3, -0.25) is 14.9 Å². The van der Waals surface area contributed by atoms with Gasteiger partial charge in [-0.15, -0.1) is 0 Å². The summed E-state index contributed by atoms with van der Waals surface area (Å²) in [5, 5.41) is 9.44. The van der Waals surface area contributed by atoms with Gasteiger partial charge in [-0.25, -0.2) is 8.42 Å². The molecule has 134 valence electrons. The minimum absolute atomic E-state index is 0.0283. The topological polar surface area (TPSA) is 114 Å². The van der Waals surface area contributed by atoms with Crippen LogP contribution in [0.4, 0.5) is 5.69 Å². The Labute approximate surface area is 150 Å². The number of carbonyl (C=O) groups excluding carboxylic acids is 1. The number of aromatic nitrogens is 3. The third-order valence-electron chi connectivity index (χ3n) is 3.65. The summed E-state index contributed by atoms with van der Waals surface area (Å²) >= 11 is 0. The molecule has 0 radical (unpaired) electrons. The molecule has 9 heteroatoms. The van der Waals surface area contributed by atoms with Crippen molar-refractivity contribution < 1.29 is 17.9 Å². The van der Waals surface area contributed by atoms with Crippen molar-refractivity contribution in [1.82, 2.24) is 15.2 Å². The van der Waals surface area contributed by atoms with E-state index in [-0.39, 0.29) is 16.2 Å². The highest BCUT2D eigenvalue weighted by Gasteiger charge is 2.19. The molecule has 0 atom stereocenters. The molecule has 0 fully saturated rings. The number of carbonyl (C=O) groups is 1. The van der Waals surface area contributed by atoms with Gasteiger partial charge in [-0.1, -0.05) is 6.07 Å². The first-order valence-corrected chi connectivity index (χ1v) is 9.43. The molecule has 0 aliphatic heterocycles. The molecule has 1 aromatic carbocycles. The van der Waals surface area contributed by atoms with Crippen LogP contribution in [0.25, 0.3) is 11.4 Å². The summed E-state index contributed by atoms with van der Waals surface area (Å²) in [4.78, 5) is 17.0. The number of anilines is 1. The van der Waals surface area contributed by atoms with Crippen LogP contribution in [-0.4, -0.2) is 42.9 Å². The molecule has 0 saturated carbocycles. The molecule has 8 nitrogen and oxygen atoms in total. The number of hydrogen-bond donors (Lipinski definition) is 2. The normalized spacial score (nSPS) is 11.2. The van der Waals surface area contributed by atoms with Crippen molar-refractivity contribution in [2.75, 3.05) is 18.7 Å². The number of rotatable bonds is 5. The summed E-state index contributed by atoms with van der Waals surface area (Å²) in [7, 11) is -2.05. The highest BCUT2D eigenvalue weighted by atomic mass is 32.2. The molecule has 1 amide bonds. The quantitative estimate of drug-likeness (QED) is 0.709. The number of pyridine rings is 1. The Morgan fingerprint density at radius 3 is 2.69 bits per heavy atom. The first kappa shape index (κ1) is 17.6. The third kappa shape index (κ3) is 3.57. The van der Waals surface area contributed by atoms with Gasteiger partial charge in [0.1, 0.15) is 11.4 Å². The van der Waals surface area contributed by atoms with Gasteiger partial charge in [-0.05, 0) is 30.3 Å². The molecule has 2 aromatic heterocycles. The van der Waals surface area contributed by atoms with Crippen LogP contribution in [-0.2, 0) is 9.84 Å². The lowest BCUT2D eigenvalue weighted by molar-refractivity contribution is 0.102. The molecule has 26 heavy (non-hydrogen) atoms. The highest BCUT2D eigenvalue weighted by molar-refractivity contribution is 7.90. The first-order valence-electron chi connectivity index (χ1n) is 7.54. The van der Waals surface area contributed by atoms with Crippen LogP contribution >= 0.6 is 0 Å². The molecule has 0 unspecified atom stereocenters. The number of ether oxygens (including phenoxy) is 1. The van der Waals surface area contributed by atoms with Gasteiger partial charge in [0.05, 0.1) is 35.1 Å². The molecular weight excluding hydrogens is 356 g/mol. The Bertz CT molecular complexity index is 1050. The van der Waals surface area contributed by atoms with Crippen LogP contribution in [0.1, 0.15) is 10.4 Å². The number of methoxy groups -OCH3 is 1. The van der Waals surface area contributed by atoms with Crippen LogP contribution in [0.3, 0.4) is 0 Å². The van der Waals surface area contributed by atoms with E-state index in [2.05, 4.69) is 20.5 Å². The molecular formula is C17H16N4O4S. The zero-order valence-electron chi connectivity index (χ0n) is 14.1. The van der Waals surface area contributed by atoms with Crippen LogP contribution in [0, 0.1) is 0 Å². The van der Waals surface area contributed by atoms with Gasteiger partial charge in [0.25, 0.3) is 5.91 Å². The highest BCUT2D eigenvalue weighted by Crippen LogP contribution is 2.27. The van der Waals surface area contributed by atoms with Gasteiger partial charge >= 0.3 is 0 Å². The number of H-pyrrole nitrogens is 1. The maximum absolute atomic E-state index is 12.7. The van der Waals surface area contributed by atoms with Crippen LogP contribution in [0.5, 0.6) is 5.75 Å². The maximum atomic E-state index is 12.7. The van der Waals surface area contributed by atoms with E-state index in [1.807, 2.05) is 6.07 Å². The largest absolute Gasteiger partial charge is 0.496 e. The summed E-state index contributed by atoms with van der Waals surface area (Å²) in [5.74, 6) is -0.260. The van der Waals surface area contributed by atoms with Gasteiger partial charge in [-0.2, -0.15) is 5.10 Å². The molecule has 0 aliphatic rings. The Kier molecular flexibility index (Phi) is 4.72. The van der Waals surface area contributed by atoms with E-state index in [0.29, 0.717) is 17.1 Å². The Balaban J connectivity index is 1.96. The Hall–Kier alpha value is -3.20. The monoisotopic (exact) mass is 372 g/mol. The predicted octanol–water partition coefficient (Wildman–Crippen LogP) is 2.14. The number of amides is 1. The number of nitrogens with zero attached hydrogens (tertiary/aromatic N) is 2. The number of sulfone groups is 1. The summed E-state index contributed by atoms with van der Waals surface area (Å²) in [5.41, 5.74) is 1.67. The smallest absolute Gasteiger partial charge is 0.259 e. The van der Waals surface area contributed by atoms with Crippen LogP contribution in [0.2, 0.25) is 0 Å². The average molecular weight is 372 g/mol. The van der Waals surface area contributed by atoms with Gasteiger partial charge in [0.2, 0.25) is 0 Å². The molecule has 2 heterocycles.